The number of pyridine rings is 1. The van der Waals surface area contributed by atoms with Gasteiger partial charge in [0, 0.05) is 42.2 Å². The lowest BCUT2D eigenvalue weighted by atomic mass is 10.0. The van der Waals surface area contributed by atoms with E-state index < -0.39 is 0 Å². The molecule has 1 aliphatic heterocycles. The van der Waals surface area contributed by atoms with Crippen molar-refractivity contribution in [2.45, 2.75) is 25.8 Å². The largest absolute Gasteiger partial charge is 0.358 e. The second kappa shape index (κ2) is 8.45. The monoisotopic (exact) mass is 386 g/mol. The molecule has 5 nitrogen and oxygen atoms in total. The Morgan fingerprint density at radius 2 is 2.00 bits per heavy atom. The van der Waals surface area contributed by atoms with Gasteiger partial charge in [0.1, 0.15) is 0 Å². The highest BCUT2D eigenvalue weighted by molar-refractivity contribution is 5.97. The van der Waals surface area contributed by atoms with Gasteiger partial charge in [-0.2, -0.15) is 0 Å². The standard InChI is InChI=1S/C24H26N4O/c1-3-21(25-2)17-7-4-16(5-8-17)6-9-19-14-18(10-12-26-19)23-15-20-22(28-23)11-13-27-24(20)29/h4-10,12,14-15,21,25,28H,3,11,13H2,1-2H3,(H,27,29)/b9-6+. The van der Waals surface area contributed by atoms with Crippen LogP contribution in [0.5, 0.6) is 0 Å². The van der Waals surface area contributed by atoms with Crippen LogP contribution in [-0.4, -0.2) is 29.5 Å². The Kier molecular flexibility index (Phi) is 5.58. The van der Waals surface area contributed by atoms with Gasteiger partial charge in [-0.3, -0.25) is 9.78 Å². The molecule has 3 heterocycles. The normalized spacial score (nSPS) is 14.6. The van der Waals surface area contributed by atoms with Crippen molar-refractivity contribution in [1.82, 2.24) is 20.6 Å². The van der Waals surface area contributed by atoms with Crippen molar-refractivity contribution < 1.29 is 4.79 Å². The van der Waals surface area contributed by atoms with Gasteiger partial charge in [0.05, 0.1) is 11.3 Å². The highest BCUT2D eigenvalue weighted by Gasteiger charge is 2.19. The molecule has 2 aromatic heterocycles. The van der Waals surface area contributed by atoms with Gasteiger partial charge < -0.3 is 15.6 Å². The van der Waals surface area contributed by atoms with E-state index in [0.29, 0.717) is 12.6 Å². The van der Waals surface area contributed by atoms with E-state index in [-0.39, 0.29) is 5.91 Å². The lowest BCUT2D eigenvalue weighted by molar-refractivity contribution is 0.0946. The fraction of sp³-hybridized carbons (Fsp3) is 0.250. The number of rotatable bonds is 6. The highest BCUT2D eigenvalue weighted by atomic mass is 16.1. The summed E-state index contributed by atoms with van der Waals surface area (Å²) in [5.74, 6) is -0.00467. The number of carbonyl (C=O) groups excluding carboxylic acids is 1. The summed E-state index contributed by atoms with van der Waals surface area (Å²) in [4.78, 5) is 19.9. The number of nitrogens with one attached hydrogen (secondary N) is 3. The van der Waals surface area contributed by atoms with Crippen molar-refractivity contribution in [2.24, 2.45) is 0 Å². The Balaban J connectivity index is 1.53. The lowest BCUT2D eigenvalue weighted by Gasteiger charge is -2.14. The van der Waals surface area contributed by atoms with E-state index in [2.05, 4.69) is 57.9 Å². The molecule has 0 saturated heterocycles. The first-order chi connectivity index (χ1) is 14.2. The number of nitrogens with zero attached hydrogens (tertiary/aromatic N) is 1. The topological polar surface area (TPSA) is 69.8 Å². The minimum Gasteiger partial charge on any atom is -0.358 e. The Morgan fingerprint density at radius 1 is 1.17 bits per heavy atom. The van der Waals surface area contributed by atoms with Crippen molar-refractivity contribution in [3.8, 4) is 11.3 Å². The van der Waals surface area contributed by atoms with Crippen molar-refractivity contribution >= 4 is 18.1 Å². The van der Waals surface area contributed by atoms with E-state index in [4.69, 9.17) is 0 Å². The van der Waals surface area contributed by atoms with Gasteiger partial charge in [0.25, 0.3) is 5.91 Å². The third-order valence-electron chi connectivity index (χ3n) is 5.44. The van der Waals surface area contributed by atoms with E-state index in [9.17, 15) is 4.79 Å². The Bertz CT molecular complexity index is 1030. The van der Waals surface area contributed by atoms with Gasteiger partial charge >= 0.3 is 0 Å². The third-order valence-corrected chi connectivity index (χ3v) is 5.44. The molecule has 0 aliphatic carbocycles. The van der Waals surface area contributed by atoms with Crippen LogP contribution in [0.1, 0.15) is 52.3 Å². The molecular formula is C24H26N4O. The summed E-state index contributed by atoms with van der Waals surface area (Å²) in [7, 11) is 1.99. The third kappa shape index (κ3) is 4.15. The number of hydrogen-bond acceptors (Lipinski definition) is 3. The van der Waals surface area contributed by atoms with Crippen LogP contribution in [0.25, 0.3) is 23.4 Å². The zero-order valence-corrected chi connectivity index (χ0v) is 16.8. The first kappa shape index (κ1) is 19.2. The molecule has 29 heavy (non-hydrogen) atoms. The number of H-pyrrole nitrogens is 1. The minimum atomic E-state index is -0.00467. The molecule has 3 N–H and O–H groups in total. The van der Waals surface area contributed by atoms with Crippen molar-refractivity contribution in [1.29, 1.82) is 0 Å². The van der Waals surface area contributed by atoms with Crippen LogP contribution in [-0.2, 0) is 6.42 Å². The maximum Gasteiger partial charge on any atom is 0.253 e. The first-order valence-corrected chi connectivity index (χ1v) is 10.1. The zero-order chi connectivity index (χ0) is 20.2. The quantitative estimate of drug-likeness (QED) is 0.595. The molecule has 1 aromatic carbocycles. The number of hydrogen-bond donors (Lipinski definition) is 3. The van der Waals surface area contributed by atoms with E-state index in [0.717, 1.165) is 46.6 Å². The van der Waals surface area contributed by atoms with Crippen LogP contribution in [0.2, 0.25) is 0 Å². The predicted molar refractivity (Wildman–Crippen MR) is 118 cm³/mol. The van der Waals surface area contributed by atoms with Gasteiger partial charge in [-0.1, -0.05) is 37.3 Å². The van der Waals surface area contributed by atoms with Crippen LogP contribution >= 0.6 is 0 Å². The molecule has 0 bridgehead atoms. The van der Waals surface area contributed by atoms with E-state index >= 15 is 0 Å². The Morgan fingerprint density at radius 3 is 2.72 bits per heavy atom. The fourth-order valence-corrected chi connectivity index (χ4v) is 3.78. The number of aromatic nitrogens is 2. The smallest absolute Gasteiger partial charge is 0.253 e. The van der Waals surface area contributed by atoms with Crippen LogP contribution in [0.15, 0.2) is 48.7 Å². The molecule has 3 aromatic rings. The Hall–Kier alpha value is -3.18. The molecule has 0 radical (unpaired) electrons. The zero-order valence-electron chi connectivity index (χ0n) is 16.8. The average Bonchev–Trinajstić information content (AvgIpc) is 3.20. The van der Waals surface area contributed by atoms with Gasteiger partial charge in [-0.25, -0.2) is 0 Å². The van der Waals surface area contributed by atoms with Crippen molar-refractivity contribution in [3.05, 3.63) is 76.7 Å². The number of carbonyl (C=O) groups is 1. The molecule has 0 saturated carbocycles. The molecule has 1 unspecified atom stereocenters. The molecule has 1 aliphatic rings. The van der Waals surface area contributed by atoms with Crippen LogP contribution in [0.4, 0.5) is 0 Å². The van der Waals surface area contributed by atoms with E-state index in [1.54, 1.807) is 6.20 Å². The van der Waals surface area contributed by atoms with Crippen LogP contribution in [0, 0.1) is 0 Å². The summed E-state index contributed by atoms with van der Waals surface area (Å²) < 4.78 is 0. The summed E-state index contributed by atoms with van der Waals surface area (Å²) in [5.41, 5.74) is 7.04. The summed E-state index contributed by atoms with van der Waals surface area (Å²) >= 11 is 0. The minimum absolute atomic E-state index is 0.00467. The molecular weight excluding hydrogens is 360 g/mol. The first-order valence-electron chi connectivity index (χ1n) is 10.1. The van der Waals surface area contributed by atoms with Gasteiger partial charge in [-0.15, -0.1) is 0 Å². The lowest BCUT2D eigenvalue weighted by Crippen LogP contribution is -2.31. The molecule has 4 rings (SSSR count). The van der Waals surface area contributed by atoms with Gasteiger partial charge in [0.2, 0.25) is 0 Å². The molecule has 5 heteroatoms. The predicted octanol–water partition coefficient (Wildman–Crippen LogP) is 4.20. The summed E-state index contributed by atoms with van der Waals surface area (Å²) in [5, 5.41) is 6.22. The molecule has 1 amide bonds. The molecule has 0 fully saturated rings. The van der Waals surface area contributed by atoms with Crippen LogP contribution in [0.3, 0.4) is 0 Å². The number of amides is 1. The fourth-order valence-electron chi connectivity index (χ4n) is 3.78. The number of aromatic amines is 1. The second-order valence-electron chi connectivity index (χ2n) is 7.30. The maximum atomic E-state index is 12.0. The maximum absolute atomic E-state index is 12.0. The molecule has 1 atom stereocenters. The van der Waals surface area contributed by atoms with Gasteiger partial charge in [0.15, 0.2) is 0 Å². The highest BCUT2D eigenvalue weighted by Crippen LogP contribution is 2.25. The van der Waals surface area contributed by atoms with E-state index in [1.807, 2.05) is 31.3 Å². The summed E-state index contributed by atoms with van der Waals surface area (Å²) in [6, 6.07) is 14.9. The molecule has 148 valence electrons. The van der Waals surface area contributed by atoms with Crippen LogP contribution < -0.4 is 10.6 Å². The summed E-state index contributed by atoms with van der Waals surface area (Å²) in [6.07, 6.45) is 7.79. The van der Waals surface area contributed by atoms with Crippen molar-refractivity contribution in [2.75, 3.05) is 13.6 Å². The van der Waals surface area contributed by atoms with Gasteiger partial charge in [-0.05, 0) is 48.9 Å². The SMILES string of the molecule is CCC(NC)c1ccc(/C=C/c2cc(-c3cc4c([nH]3)CCNC4=O)ccn2)cc1. The number of benzene rings is 1. The Labute approximate surface area is 171 Å². The summed E-state index contributed by atoms with van der Waals surface area (Å²) in [6.45, 7) is 2.86. The molecule has 0 spiro atoms. The second-order valence-corrected chi connectivity index (χ2v) is 7.30. The van der Waals surface area contributed by atoms with E-state index in [1.165, 1.54) is 5.56 Å². The van der Waals surface area contributed by atoms with Crippen molar-refractivity contribution in [3.63, 3.8) is 0 Å². The number of fused-ring (bicyclic) bond motifs is 1. The average molecular weight is 386 g/mol.